The van der Waals surface area contributed by atoms with Gasteiger partial charge in [-0.25, -0.2) is 20.5 Å². The second-order valence-electron chi connectivity index (χ2n) is 6.28. The number of hydrogen-bond acceptors (Lipinski definition) is 6. The van der Waals surface area contributed by atoms with E-state index in [1.54, 1.807) is 6.07 Å². The zero-order valence-electron chi connectivity index (χ0n) is 15.9. The molecule has 0 saturated heterocycles. The number of anilines is 2. The fraction of sp³-hybridized carbons (Fsp3) is 0.111. The number of benzene rings is 1. The van der Waals surface area contributed by atoms with E-state index in [0.29, 0.717) is 25.8 Å². The van der Waals surface area contributed by atoms with Crippen molar-refractivity contribution in [3.63, 3.8) is 0 Å². The van der Waals surface area contributed by atoms with Gasteiger partial charge in [-0.15, -0.1) is 0 Å². The highest BCUT2D eigenvalue weighted by molar-refractivity contribution is 9.10. The van der Waals surface area contributed by atoms with Crippen LogP contribution in [0.15, 0.2) is 41.0 Å². The van der Waals surface area contributed by atoms with Crippen molar-refractivity contribution in [3.8, 4) is 5.82 Å². The Kier molecular flexibility index (Phi) is 6.83. The molecule has 3 rings (SSSR count). The lowest BCUT2D eigenvalue weighted by Crippen LogP contribution is -2.30. The Balaban J connectivity index is 2.12. The Labute approximate surface area is 192 Å². The highest BCUT2D eigenvalue weighted by Crippen LogP contribution is 2.35. The molecule has 0 spiro atoms. The molecule has 3 aromatic rings. The molecule has 0 aliphatic rings. The quantitative estimate of drug-likeness (QED) is 0.193. The van der Waals surface area contributed by atoms with Crippen molar-refractivity contribution in [1.82, 2.24) is 14.8 Å². The standard InChI is InChI=1S/C18H14BrClF3N7O2/c19-10-4-9(7-24)5-12(29(25)8-31)15(10)27-17(32)13-6-14(18(21,22)23)28-30(13)16-11(20)2-1-3-26-16/h1-6,8H,7,24-25H2,(H,27,32). The van der Waals surface area contributed by atoms with Gasteiger partial charge < -0.3 is 11.1 Å². The predicted octanol–water partition coefficient (Wildman–Crippen LogP) is 3.25. The molecule has 0 aliphatic heterocycles. The molecule has 0 bridgehead atoms. The summed E-state index contributed by atoms with van der Waals surface area (Å²) >= 11 is 9.29. The smallest absolute Gasteiger partial charge is 0.326 e. The summed E-state index contributed by atoms with van der Waals surface area (Å²) in [7, 11) is 0. The fourth-order valence-electron chi connectivity index (χ4n) is 2.70. The molecule has 168 valence electrons. The number of carbonyl (C=O) groups excluding carboxylic acids is 2. The number of pyridine rings is 1. The highest BCUT2D eigenvalue weighted by atomic mass is 79.9. The van der Waals surface area contributed by atoms with E-state index >= 15 is 0 Å². The van der Waals surface area contributed by atoms with E-state index in [-0.39, 0.29) is 35.2 Å². The number of alkyl halides is 3. The Morgan fingerprint density at radius 1 is 1.34 bits per heavy atom. The first-order chi connectivity index (χ1) is 15.1. The van der Waals surface area contributed by atoms with E-state index in [9.17, 15) is 22.8 Å². The molecular formula is C18H14BrClF3N7O2. The van der Waals surface area contributed by atoms with E-state index < -0.39 is 23.5 Å². The summed E-state index contributed by atoms with van der Waals surface area (Å²) in [6.45, 7) is 0.104. The number of aromatic nitrogens is 3. The van der Waals surface area contributed by atoms with E-state index in [0.717, 1.165) is 0 Å². The first-order valence-corrected chi connectivity index (χ1v) is 9.85. The molecule has 0 atom stereocenters. The van der Waals surface area contributed by atoms with Crippen LogP contribution in [0.1, 0.15) is 21.7 Å². The maximum Gasteiger partial charge on any atom is 0.435 e. The minimum Gasteiger partial charge on any atom is -0.326 e. The van der Waals surface area contributed by atoms with Crippen molar-refractivity contribution in [3.05, 3.63) is 63.0 Å². The van der Waals surface area contributed by atoms with Crippen LogP contribution in [0.4, 0.5) is 24.5 Å². The number of amides is 2. The van der Waals surface area contributed by atoms with Crippen LogP contribution in [0.2, 0.25) is 5.02 Å². The number of carbonyl (C=O) groups is 2. The summed E-state index contributed by atoms with van der Waals surface area (Å²) in [5.41, 5.74) is 4.45. The third-order valence-electron chi connectivity index (χ3n) is 4.17. The maximum absolute atomic E-state index is 13.3. The molecule has 2 aromatic heterocycles. The molecule has 14 heteroatoms. The van der Waals surface area contributed by atoms with Crippen LogP contribution >= 0.6 is 27.5 Å². The Morgan fingerprint density at radius 2 is 2.06 bits per heavy atom. The second kappa shape index (κ2) is 9.24. The summed E-state index contributed by atoms with van der Waals surface area (Å²) in [4.78, 5) is 28.1. The van der Waals surface area contributed by atoms with E-state index in [1.807, 2.05) is 0 Å². The third kappa shape index (κ3) is 4.75. The van der Waals surface area contributed by atoms with Gasteiger partial charge in [0.2, 0.25) is 6.41 Å². The minimum atomic E-state index is -4.83. The number of halogens is 5. The molecule has 0 aliphatic carbocycles. The van der Waals surface area contributed by atoms with Crippen molar-refractivity contribution in [1.29, 1.82) is 0 Å². The number of hydrazine groups is 1. The van der Waals surface area contributed by atoms with Crippen LogP contribution in [0, 0.1) is 0 Å². The molecule has 9 nitrogen and oxygen atoms in total. The number of hydrogen-bond donors (Lipinski definition) is 3. The molecule has 0 radical (unpaired) electrons. The van der Waals surface area contributed by atoms with Gasteiger partial charge in [0.25, 0.3) is 5.91 Å². The van der Waals surface area contributed by atoms with E-state index in [2.05, 4.69) is 31.3 Å². The SMILES string of the molecule is NCc1cc(Br)c(NC(=O)c2cc(C(F)(F)F)nn2-c2ncccc2Cl)c(N(N)C=O)c1. The van der Waals surface area contributed by atoms with Gasteiger partial charge in [-0.3, -0.25) is 9.59 Å². The molecule has 32 heavy (non-hydrogen) atoms. The first kappa shape index (κ1) is 23.7. The number of nitrogens with two attached hydrogens (primary N) is 2. The summed E-state index contributed by atoms with van der Waals surface area (Å²) < 4.78 is 40.9. The second-order valence-corrected chi connectivity index (χ2v) is 7.54. The van der Waals surface area contributed by atoms with Gasteiger partial charge >= 0.3 is 6.18 Å². The molecule has 2 heterocycles. The zero-order valence-corrected chi connectivity index (χ0v) is 18.2. The normalized spacial score (nSPS) is 11.3. The zero-order chi connectivity index (χ0) is 23.6. The van der Waals surface area contributed by atoms with Gasteiger partial charge in [0.1, 0.15) is 5.69 Å². The lowest BCUT2D eigenvalue weighted by atomic mass is 10.1. The van der Waals surface area contributed by atoms with Crippen molar-refractivity contribution >= 4 is 51.2 Å². The Bertz CT molecular complexity index is 1190. The topological polar surface area (TPSA) is 132 Å². The largest absolute Gasteiger partial charge is 0.435 e. The van der Waals surface area contributed by atoms with E-state index in [4.69, 9.17) is 23.2 Å². The molecule has 0 saturated carbocycles. The average molecular weight is 533 g/mol. The summed E-state index contributed by atoms with van der Waals surface area (Å²) in [5, 5.41) is 6.57. The van der Waals surface area contributed by atoms with E-state index in [1.165, 1.54) is 24.4 Å². The Morgan fingerprint density at radius 3 is 2.66 bits per heavy atom. The average Bonchev–Trinajstić information content (AvgIpc) is 3.20. The monoisotopic (exact) mass is 531 g/mol. The van der Waals surface area contributed by atoms with Crippen LogP contribution in [0.25, 0.3) is 5.82 Å². The molecule has 5 N–H and O–H groups in total. The van der Waals surface area contributed by atoms with Crippen LogP contribution in [0.5, 0.6) is 0 Å². The van der Waals surface area contributed by atoms with Gasteiger partial charge in [0.15, 0.2) is 11.5 Å². The third-order valence-corrected chi connectivity index (χ3v) is 5.09. The van der Waals surface area contributed by atoms with Gasteiger partial charge in [-0.1, -0.05) is 11.6 Å². The molecule has 2 amide bonds. The van der Waals surface area contributed by atoms with Crippen LogP contribution in [-0.2, 0) is 17.5 Å². The summed E-state index contributed by atoms with van der Waals surface area (Å²) in [5.74, 6) is 4.49. The first-order valence-electron chi connectivity index (χ1n) is 8.68. The minimum absolute atomic E-state index is 0.0234. The van der Waals surface area contributed by atoms with Crippen molar-refractivity contribution in [2.45, 2.75) is 12.7 Å². The van der Waals surface area contributed by atoms with Gasteiger partial charge in [0.05, 0.1) is 16.4 Å². The van der Waals surface area contributed by atoms with Crippen molar-refractivity contribution in [2.24, 2.45) is 11.6 Å². The fourth-order valence-corrected chi connectivity index (χ4v) is 3.50. The van der Waals surface area contributed by atoms with Crippen LogP contribution < -0.4 is 21.9 Å². The maximum atomic E-state index is 13.3. The van der Waals surface area contributed by atoms with Crippen molar-refractivity contribution < 1.29 is 22.8 Å². The molecular weight excluding hydrogens is 519 g/mol. The molecule has 1 aromatic carbocycles. The van der Waals surface area contributed by atoms with Crippen LogP contribution in [-0.4, -0.2) is 27.1 Å². The van der Waals surface area contributed by atoms with Gasteiger partial charge in [0, 0.05) is 23.3 Å². The summed E-state index contributed by atoms with van der Waals surface area (Å²) in [6.07, 6.45) is -3.26. The molecule has 0 unspecified atom stereocenters. The Hall–Kier alpha value is -3.00. The highest BCUT2D eigenvalue weighted by Gasteiger charge is 2.36. The number of nitrogens with zero attached hydrogens (tertiary/aromatic N) is 4. The van der Waals surface area contributed by atoms with Crippen LogP contribution in [0.3, 0.4) is 0 Å². The summed E-state index contributed by atoms with van der Waals surface area (Å²) in [6, 6.07) is 6.42. The molecule has 0 fully saturated rings. The van der Waals surface area contributed by atoms with Gasteiger partial charge in [-0.05, 0) is 45.8 Å². The predicted molar refractivity (Wildman–Crippen MR) is 114 cm³/mol. The lowest BCUT2D eigenvalue weighted by molar-refractivity contribution is -0.141. The lowest BCUT2D eigenvalue weighted by Gasteiger charge is -2.19. The number of rotatable bonds is 6. The number of nitrogens with one attached hydrogen (secondary N) is 1. The van der Waals surface area contributed by atoms with Gasteiger partial charge in [-0.2, -0.15) is 18.3 Å². The van der Waals surface area contributed by atoms with Crippen molar-refractivity contribution in [2.75, 3.05) is 10.3 Å².